The lowest BCUT2D eigenvalue weighted by Gasteiger charge is -2.22. The van der Waals surface area contributed by atoms with Crippen LogP contribution in [0.1, 0.15) is 23.2 Å². The van der Waals surface area contributed by atoms with E-state index in [0.29, 0.717) is 11.4 Å². The number of benzene rings is 4. The molecule has 12 nitrogen and oxygen atoms in total. The van der Waals surface area contributed by atoms with E-state index in [1.54, 1.807) is 71.8 Å². The molecule has 0 aliphatic carbocycles. The number of anilines is 2. The van der Waals surface area contributed by atoms with Crippen molar-refractivity contribution in [2.24, 2.45) is 11.4 Å². The molecule has 0 bridgehead atoms. The van der Waals surface area contributed by atoms with Gasteiger partial charge in [0.15, 0.2) is 5.11 Å². The first-order chi connectivity index (χ1) is 24.5. The summed E-state index contributed by atoms with van der Waals surface area (Å²) in [7, 11) is -2.60. The number of sulfonamides is 1. The van der Waals surface area contributed by atoms with Crippen LogP contribution < -0.4 is 25.7 Å². The van der Waals surface area contributed by atoms with E-state index in [4.69, 9.17) is 21.7 Å². The summed E-state index contributed by atoms with van der Waals surface area (Å²) < 4.78 is 38.1. The quantitative estimate of drug-likeness (QED) is 0.164. The molecule has 1 aliphatic rings. The Bertz CT molecular complexity index is 2470. The van der Waals surface area contributed by atoms with E-state index in [9.17, 15) is 18.0 Å². The van der Waals surface area contributed by atoms with Crippen LogP contribution in [0.2, 0.25) is 0 Å². The summed E-state index contributed by atoms with van der Waals surface area (Å²) in [6.45, 7) is 3.77. The summed E-state index contributed by atoms with van der Waals surface area (Å²) in [6.07, 6.45) is -0.246. The van der Waals surface area contributed by atoms with Gasteiger partial charge in [-0.1, -0.05) is 42.0 Å². The minimum atomic E-state index is -4.17. The number of amides is 2. The van der Waals surface area contributed by atoms with Crippen LogP contribution in [0.4, 0.5) is 11.4 Å². The van der Waals surface area contributed by atoms with Crippen LogP contribution in [-0.4, -0.2) is 41.3 Å². The molecule has 258 valence electrons. The summed E-state index contributed by atoms with van der Waals surface area (Å²) in [4.78, 5) is 35.2. The van der Waals surface area contributed by atoms with Crippen molar-refractivity contribution in [3.63, 3.8) is 0 Å². The highest BCUT2D eigenvalue weighted by Gasteiger charge is 2.45. The van der Waals surface area contributed by atoms with Gasteiger partial charge in [-0.3, -0.25) is 19.8 Å². The SMILES string of the molecule is Cc1ccc(S(=O)(=O)/N=c2\o[n-][n+](C)c2CN2C(=S)N(c3ccccc3)C(=O)C2CC(=O)Nc2ccc(-c3nc4ccc(C)cc4s3)cc2)cc1. The predicted molar refractivity (Wildman–Crippen MR) is 196 cm³/mol. The number of nitrogens with one attached hydrogen (secondary N) is 1. The summed E-state index contributed by atoms with van der Waals surface area (Å²) in [6, 6.07) is 27.6. The van der Waals surface area contributed by atoms with E-state index in [0.717, 1.165) is 26.4 Å². The number of aromatic nitrogens is 3. The van der Waals surface area contributed by atoms with Crippen molar-refractivity contribution in [1.29, 1.82) is 0 Å². The Morgan fingerprint density at radius 2 is 1.73 bits per heavy atom. The number of hydrogen-bond acceptors (Lipinski definition) is 8. The van der Waals surface area contributed by atoms with Crippen LogP contribution in [0.25, 0.3) is 20.8 Å². The Morgan fingerprint density at radius 3 is 2.45 bits per heavy atom. The minimum absolute atomic E-state index is 0.0158. The van der Waals surface area contributed by atoms with Crippen LogP contribution in [0.3, 0.4) is 0 Å². The van der Waals surface area contributed by atoms with Gasteiger partial charge < -0.3 is 14.7 Å². The lowest BCUT2D eigenvalue weighted by atomic mass is 10.1. The Labute approximate surface area is 302 Å². The van der Waals surface area contributed by atoms with Crippen molar-refractivity contribution < 1.29 is 27.2 Å². The summed E-state index contributed by atoms with van der Waals surface area (Å²) in [5.74, 6) is -0.825. The van der Waals surface area contributed by atoms with Crippen molar-refractivity contribution in [2.75, 3.05) is 10.2 Å². The van der Waals surface area contributed by atoms with Gasteiger partial charge in [0.05, 0.1) is 27.2 Å². The molecule has 0 saturated carbocycles. The number of carbonyl (C=O) groups is 2. The third-order valence-electron chi connectivity index (χ3n) is 8.40. The molecule has 1 unspecified atom stereocenters. The number of hydrogen-bond donors (Lipinski definition) is 1. The summed E-state index contributed by atoms with van der Waals surface area (Å²) in [5.41, 5.74) is 4.96. The topological polar surface area (TPSA) is 143 Å². The first kappa shape index (κ1) is 34.0. The van der Waals surface area contributed by atoms with E-state index in [2.05, 4.69) is 21.1 Å². The maximum absolute atomic E-state index is 14.0. The Balaban J connectivity index is 1.15. The molecule has 4 aromatic carbocycles. The van der Waals surface area contributed by atoms with E-state index in [-0.39, 0.29) is 34.2 Å². The van der Waals surface area contributed by atoms with Crippen molar-refractivity contribution in [1.82, 2.24) is 15.2 Å². The van der Waals surface area contributed by atoms with E-state index in [1.165, 1.54) is 27.3 Å². The second-order valence-corrected chi connectivity index (χ2v) is 15.1. The number of carbonyl (C=O) groups excluding carboxylic acids is 2. The molecular formula is C36H31N7O5S3. The number of fused-ring (bicyclic) bond motifs is 1. The molecular weight excluding hydrogens is 707 g/mol. The standard InChI is InChI=1S/C36H31N7O5S3/c1-22-9-16-27(17-10-22)51(46,47)39-33-30(41(3)40-48-33)21-42-29(35(45)43(36(42)49)26-7-5-4-6-8-26)20-32(44)37-25-14-12-24(13-15-25)34-38-28-18-11-23(2)19-31(28)50-34/h4-19,29H,20-21H2,1-3H3,(H,37,44)/b39-33-. The lowest BCUT2D eigenvalue weighted by Crippen LogP contribution is -2.45. The fraction of sp³-hybridized carbons (Fsp3) is 0.167. The highest BCUT2D eigenvalue weighted by Crippen LogP contribution is 2.32. The molecule has 2 amide bonds. The van der Waals surface area contributed by atoms with Gasteiger partial charge >= 0.3 is 0 Å². The number of nitrogens with zero attached hydrogens (tertiary/aromatic N) is 6. The number of aryl methyl sites for hydroxylation is 3. The number of thiocarbonyl (C=S) groups is 1. The molecule has 1 atom stereocenters. The molecule has 51 heavy (non-hydrogen) atoms. The lowest BCUT2D eigenvalue weighted by molar-refractivity contribution is -0.752. The second kappa shape index (κ2) is 13.7. The zero-order valence-corrected chi connectivity index (χ0v) is 30.1. The van der Waals surface area contributed by atoms with Crippen LogP contribution in [-0.2, 0) is 33.2 Å². The smallest absolute Gasteiger partial charge is 0.289 e. The predicted octanol–water partition coefficient (Wildman–Crippen LogP) is 4.78. The summed E-state index contributed by atoms with van der Waals surface area (Å²) >= 11 is 7.41. The van der Waals surface area contributed by atoms with Gasteiger partial charge in [0.1, 0.15) is 24.6 Å². The van der Waals surface area contributed by atoms with Gasteiger partial charge in [-0.25, -0.2) is 9.67 Å². The molecule has 3 heterocycles. The molecule has 0 spiro atoms. The van der Waals surface area contributed by atoms with Gasteiger partial charge in [-0.15, -0.1) is 15.7 Å². The average molecular weight is 738 g/mol. The van der Waals surface area contributed by atoms with Crippen molar-refractivity contribution in [3.8, 4) is 10.6 Å². The third-order valence-corrected chi connectivity index (χ3v) is 11.2. The minimum Gasteiger partial charge on any atom is -0.486 e. The first-order valence-electron chi connectivity index (χ1n) is 15.8. The Morgan fingerprint density at radius 1 is 1.02 bits per heavy atom. The van der Waals surface area contributed by atoms with Gasteiger partial charge in [0.2, 0.25) is 5.91 Å². The van der Waals surface area contributed by atoms with E-state index in [1.807, 2.05) is 44.2 Å². The first-order valence-corrected chi connectivity index (χ1v) is 18.5. The Hall–Kier alpha value is -5.51. The number of para-hydroxylation sites is 1. The average Bonchev–Trinajstić information content (AvgIpc) is 3.75. The van der Waals surface area contributed by atoms with Crippen LogP contribution in [0, 0.1) is 13.8 Å². The van der Waals surface area contributed by atoms with Gasteiger partial charge in [0, 0.05) is 11.3 Å². The highest BCUT2D eigenvalue weighted by atomic mass is 32.2. The van der Waals surface area contributed by atoms with Gasteiger partial charge in [-0.2, -0.15) is 8.42 Å². The molecule has 6 aromatic rings. The zero-order valence-electron chi connectivity index (χ0n) is 27.7. The fourth-order valence-electron chi connectivity index (χ4n) is 5.68. The molecule has 15 heteroatoms. The zero-order chi connectivity index (χ0) is 35.9. The third kappa shape index (κ3) is 6.95. The molecule has 1 fully saturated rings. The second-order valence-electron chi connectivity index (χ2n) is 12.1. The van der Waals surface area contributed by atoms with Crippen LogP contribution in [0.5, 0.6) is 0 Å². The maximum Gasteiger partial charge on any atom is 0.289 e. The van der Waals surface area contributed by atoms with Crippen LogP contribution in [0.15, 0.2) is 111 Å². The fourth-order valence-corrected chi connectivity index (χ4v) is 8.08. The van der Waals surface area contributed by atoms with Gasteiger partial charge in [-0.05, 0) is 92.3 Å². The van der Waals surface area contributed by atoms with Gasteiger partial charge in [0.25, 0.3) is 27.2 Å². The molecule has 2 aromatic heterocycles. The van der Waals surface area contributed by atoms with E-state index >= 15 is 0 Å². The number of thiazole rings is 1. The van der Waals surface area contributed by atoms with Crippen molar-refractivity contribution >= 4 is 72.1 Å². The summed E-state index contributed by atoms with van der Waals surface area (Å²) in [5, 5.41) is 7.79. The van der Waals surface area contributed by atoms with Crippen molar-refractivity contribution in [2.45, 2.75) is 37.8 Å². The Kier molecular flexibility index (Phi) is 9.10. The highest BCUT2D eigenvalue weighted by molar-refractivity contribution is 7.90. The molecule has 1 saturated heterocycles. The molecule has 0 radical (unpaired) electrons. The normalized spacial score (nSPS) is 15.3. The monoisotopic (exact) mass is 737 g/mol. The molecule has 1 aliphatic heterocycles. The van der Waals surface area contributed by atoms with Crippen LogP contribution >= 0.6 is 23.6 Å². The number of rotatable bonds is 9. The molecule has 1 N–H and O–H groups in total. The largest absolute Gasteiger partial charge is 0.486 e. The molecule has 7 rings (SSSR count). The van der Waals surface area contributed by atoms with E-state index < -0.39 is 27.9 Å². The van der Waals surface area contributed by atoms with Crippen molar-refractivity contribution in [3.05, 3.63) is 119 Å². The maximum atomic E-state index is 14.0.